The predicted octanol–water partition coefficient (Wildman–Crippen LogP) is 2.88. The average Bonchev–Trinajstić information content (AvgIpc) is 2.44. The molecule has 2 atom stereocenters. The van der Waals surface area contributed by atoms with Gasteiger partial charge in [0, 0.05) is 0 Å². The Kier molecular flexibility index (Phi) is 6.89. The summed E-state index contributed by atoms with van der Waals surface area (Å²) < 4.78 is 5.53. The number of aliphatic hydroxyl groups is 2. The van der Waals surface area contributed by atoms with Crippen LogP contribution in [0, 0.1) is 0 Å². The molecule has 0 aliphatic carbocycles. The highest BCUT2D eigenvalue weighted by Crippen LogP contribution is 2.30. The molecule has 0 spiro atoms. The van der Waals surface area contributed by atoms with Crippen molar-refractivity contribution in [3.05, 3.63) is 29.3 Å². The third kappa shape index (κ3) is 4.51. The van der Waals surface area contributed by atoms with Crippen molar-refractivity contribution in [1.29, 1.82) is 0 Å². The molecule has 2 N–H and O–H groups in total. The van der Waals surface area contributed by atoms with Gasteiger partial charge in [0.1, 0.15) is 5.75 Å². The normalized spacial score (nSPS) is 14.2. The van der Waals surface area contributed by atoms with Crippen LogP contribution in [0.3, 0.4) is 0 Å². The van der Waals surface area contributed by atoms with E-state index < -0.39 is 6.10 Å². The maximum Gasteiger partial charge on any atom is 0.119 e. The van der Waals surface area contributed by atoms with Crippen molar-refractivity contribution in [3.63, 3.8) is 0 Å². The van der Waals surface area contributed by atoms with E-state index in [0.717, 1.165) is 18.6 Å². The van der Waals surface area contributed by atoms with Gasteiger partial charge in [-0.05, 0) is 55.4 Å². The molecule has 0 fully saturated rings. The maximum atomic E-state index is 9.65. The summed E-state index contributed by atoms with van der Waals surface area (Å²) in [5.74, 6) is 1.19. The van der Waals surface area contributed by atoms with Crippen molar-refractivity contribution in [2.45, 2.75) is 52.1 Å². The number of aryl methyl sites for hydroxylation is 1. The van der Waals surface area contributed by atoms with E-state index in [4.69, 9.17) is 9.84 Å². The summed E-state index contributed by atoms with van der Waals surface area (Å²) in [5, 5.41) is 18.6. The molecule has 2 unspecified atom stereocenters. The van der Waals surface area contributed by atoms with Crippen LogP contribution in [0.2, 0.25) is 0 Å². The second kappa shape index (κ2) is 8.18. The van der Waals surface area contributed by atoms with Gasteiger partial charge in [-0.15, -0.1) is 0 Å². The molecule has 0 aliphatic rings. The molecule has 0 amide bonds. The summed E-state index contributed by atoms with van der Waals surface area (Å²) in [4.78, 5) is 0. The Hall–Kier alpha value is -1.06. The first-order valence-corrected chi connectivity index (χ1v) is 7.20. The fourth-order valence-corrected chi connectivity index (χ4v) is 2.46. The van der Waals surface area contributed by atoms with Gasteiger partial charge in [-0.1, -0.05) is 19.9 Å². The Morgan fingerprint density at radius 2 is 1.95 bits per heavy atom. The highest BCUT2D eigenvalue weighted by Gasteiger charge is 2.17. The third-order valence-corrected chi connectivity index (χ3v) is 3.51. The van der Waals surface area contributed by atoms with Crippen molar-refractivity contribution in [2.24, 2.45) is 0 Å². The molecule has 3 nitrogen and oxygen atoms in total. The van der Waals surface area contributed by atoms with Crippen LogP contribution in [-0.2, 0) is 6.42 Å². The number of hydrogen-bond donors (Lipinski definition) is 2. The molecular weight excluding hydrogens is 240 g/mol. The van der Waals surface area contributed by atoms with Gasteiger partial charge in [-0.25, -0.2) is 0 Å². The highest BCUT2D eigenvalue weighted by molar-refractivity contribution is 5.38. The van der Waals surface area contributed by atoms with Crippen molar-refractivity contribution in [2.75, 3.05) is 13.2 Å². The molecule has 0 aromatic heterocycles. The zero-order chi connectivity index (χ0) is 14.3. The summed E-state index contributed by atoms with van der Waals surface area (Å²) in [7, 11) is 0. The molecule has 0 radical (unpaired) electrons. The number of ether oxygens (including phenoxy) is 1. The molecule has 19 heavy (non-hydrogen) atoms. The van der Waals surface area contributed by atoms with E-state index in [9.17, 15) is 5.11 Å². The van der Waals surface area contributed by atoms with Crippen LogP contribution < -0.4 is 4.74 Å². The lowest BCUT2D eigenvalue weighted by Gasteiger charge is -2.21. The summed E-state index contributed by atoms with van der Waals surface area (Å²) in [5.41, 5.74) is 2.53. The fourth-order valence-electron chi connectivity index (χ4n) is 2.46. The molecule has 108 valence electrons. The Morgan fingerprint density at radius 3 is 2.47 bits per heavy atom. The number of hydrogen-bond acceptors (Lipinski definition) is 3. The fraction of sp³-hybridized carbons (Fsp3) is 0.625. The van der Waals surface area contributed by atoms with E-state index in [1.807, 2.05) is 13.0 Å². The van der Waals surface area contributed by atoms with Crippen molar-refractivity contribution >= 4 is 0 Å². The lowest BCUT2D eigenvalue weighted by molar-refractivity contribution is 0.0817. The van der Waals surface area contributed by atoms with E-state index >= 15 is 0 Å². The molecule has 1 aromatic carbocycles. The SMILES string of the molecule is CCOc1ccc(C(CC)CC(O)CO)c(CC)c1. The second-order valence-electron chi connectivity index (χ2n) is 4.82. The third-order valence-electron chi connectivity index (χ3n) is 3.51. The Labute approximate surface area is 116 Å². The topological polar surface area (TPSA) is 49.7 Å². The first-order chi connectivity index (χ1) is 9.15. The average molecular weight is 266 g/mol. The monoisotopic (exact) mass is 266 g/mol. The Morgan fingerprint density at radius 1 is 1.21 bits per heavy atom. The molecule has 3 heteroatoms. The van der Waals surface area contributed by atoms with Gasteiger partial charge in [0.25, 0.3) is 0 Å². The van der Waals surface area contributed by atoms with Crippen LogP contribution in [0.15, 0.2) is 18.2 Å². The first kappa shape index (κ1) is 16.0. The van der Waals surface area contributed by atoms with E-state index in [2.05, 4.69) is 26.0 Å². The minimum Gasteiger partial charge on any atom is -0.494 e. The highest BCUT2D eigenvalue weighted by atomic mass is 16.5. The molecule has 0 saturated heterocycles. The van der Waals surface area contributed by atoms with Crippen molar-refractivity contribution in [1.82, 2.24) is 0 Å². The minimum atomic E-state index is -0.638. The minimum absolute atomic E-state index is 0.172. The molecule has 1 aromatic rings. The van der Waals surface area contributed by atoms with Gasteiger partial charge in [0.15, 0.2) is 0 Å². The van der Waals surface area contributed by atoms with Gasteiger partial charge in [0.2, 0.25) is 0 Å². The Balaban J connectivity index is 2.95. The lowest BCUT2D eigenvalue weighted by Crippen LogP contribution is -2.17. The van der Waals surface area contributed by atoms with Gasteiger partial charge in [-0.2, -0.15) is 0 Å². The summed E-state index contributed by atoms with van der Waals surface area (Å²) in [6, 6.07) is 6.18. The lowest BCUT2D eigenvalue weighted by atomic mass is 9.87. The molecule has 1 rings (SSSR count). The second-order valence-corrected chi connectivity index (χ2v) is 4.82. The van der Waals surface area contributed by atoms with Crippen LogP contribution in [-0.4, -0.2) is 29.5 Å². The smallest absolute Gasteiger partial charge is 0.119 e. The molecule has 0 bridgehead atoms. The first-order valence-electron chi connectivity index (χ1n) is 7.20. The van der Waals surface area contributed by atoms with Crippen LogP contribution in [0.4, 0.5) is 0 Å². The number of benzene rings is 1. The van der Waals surface area contributed by atoms with Gasteiger partial charge in [0.05, 0.1) is 19.3 Å². The Bertz CT molecular complexity index is 376. The van der Waals surface area contributed by atoms with Crippen LogP contribution >= 0.6 is 0 Å². The van der Waals surface area contributed by atoms with Crippen LogP contribution in [0.1, 0.15) is 50.7 Å². The van der Waals surface area contributed by atoms with E-state index in [1.54, 1.807) is 0 Å². The van der Waals surface area contributed by atoms with Gasteiger partial charge in [-0.3, -0.25) is 0 Å². The number of aliphatic hydroxyl groups excluding tert-OH is 2. The van der Waals surface area contributed by atoms with E-state index in [0.29, 0.717) is 13.0 Å². The predicted molar refractivity (Wildman–Crippen MR) is 77.7 cm³/mol. The molecular formula is C16H26O3. The number of rotatable bonds is 8. The van der Waals surface area contributed by atoms with E-state index in [1.165, 1.54) is 11.1 Å². The van der Waals surface area contributed by atoms with Crippen molar-refractivity contribution in [3.8, 4) is 5.75 Å². The van der Waals surface area contributed by atoms with Crippen LogP contribution in [0.25, 0.3) is 0 Å². The molecule has 0 heterocycles. The summed E-state index contributed by atoms with van der Waals surface area (Å²) >= 11 is 0. The zero-order valence-electron chi connectivity index (χ0n) is 12.2. The quantitative estimate of drug-likeness (QED) is 0.760. The van der Waals surface area contributed by atoms with E-state index in [-0.39, 0.29) is 12.5 Å². The summed E-state index contributed by atoms with van der Waals surface area (Å²) in [6.45, 7) is 6.72. The molecule has 0 saturated carbocycles. The standard InChI is InChI=1S/C16H26O3/c1-4-12(9-14(18)11-17)16-8-7-15(19-6-3)10-13(16)5-2/h7-8,10,12,14,17-18H,4-6,9,11H2,1-3H3. The largest absolute Gasteiger partial charge is 0.494 e. The van der Waals surface area contributed by atoms with Gasteiger partial charge >= 0.3 is 0 Å². The van der Waals surface area contributed by atoms with Crippen molar-refractivity contribution < 1.29 is 14.9 Å². The van der Waals surface area contributed by atoms with Crippen LogP contribution in [0.5, 0.6) is 5.75 Å². The molecule has 0 aliphatic heterocycles. The van der Waals surface area contributed by atoms with Gasteiger partial charge < -0.3 is 14.9 Å². The summed E-state index contributed by atoms with van der Waals surface area (Å²) in [6.07, 6.45) is 1.87. The zero-order valence-corrected chi connectivity index (χ0v) is 12.2. The maximum absolute atomic E-state index is 9.65.